The predicted octanol–water partition coefficient (Wildman–Crippen LogP) is 19.4. The van der Waals surface area contributed by atoms with Crippen LogP contribution in [0.5, 0.6) is 0 Å². The summed E-state index contributed by atoms with van der Waals surface area (Å²) in [5.41, 5.74) is 0. The highest BCUT2D eigenvalue weighted by atomic mass is 16.6. The molecule has 0 spiro atoms. The molecule has 0 aromatic carbocycles. The number of esters is 3. The van der Waals surface area contributed by atoms with Crippen LogP contribution in [0.15, 0.2) is 72.9 Å². The maximum absolute atomic E-state index is 12.8. The minimum Gasteiger partial charge on any atom is -0.462 e. The molecule has 0 N–H and O–H groups in total. The molecular formula is C62H108O6. The Hall–Kier alpha value is -3.15. The second-order valence-corrected chi connectivity index (χ2v) is 19.2. The molecule has 0 radical (unpaired) electrons. The van der Waals surface area contributed by atoms with Gasteiger partial charge in [-0.2, -0.15) is 0 Å². The van der Waals surface area contributed by atoms with E-state index in [1.807, 2.05) is 0 Å². The van der Waals surface area contributed by atoms with Crippen molar-refractivity contribution in [3.05, 3.63) is 72.9 Å². The Morgan fingerprint density at radius 3 is 0.882 bits per heavy atom. The van der Waals surface area contributed by atoms with Gasteiger partial charge >= 0.3 is 17.9 Å². The summed E-state index contributed by atoms with van der Waals surface area (Å²) in [7, 11) is 0. The summed E-state index contributed by atoms with van der Waals surface area (Å²) in [5, 5.41) is 0. The lowest BCUT2D eigenvalue weighted by molar-refractivity contribution is -0.167. The molecule has 392 valence electrons. The maximum Gasteiger partial charge on any atom is 0.306 e. The number of allylic oxidation sites excluding steroid dienone is 12. The van der Waals surface area contributed by atoms with Crippen molar-refractivity contribution in [1.29, 1.82) is 0 Å². The molecule has 0 aliphatic carbocycles. The number of unbranched alkanes of at least 4 members (excludes halogenated alkanes) is 29. The van der Waals surface area contributed by atoms with E-state index in [0.717, 1.165) is 103 Å². The van der Waals surface area contributed by atoms with Gasteiger partial charge in [-0.3, -0.25) is 14.4 Å². The van der Waals surface area contributed by atoms with Crippen molar-refractivity contribution < 1.29 is 28.6 Å². The van der Waals surface area contributed by atoms with Gasteiger partial charge in [-0.25, -0.2) is 0 Å². The average Bonchev–Trinajstić information content (AvgIpc) is 3.34. The zero-order chi connectivity index (χ0) is 49.3. The van der Waals surface area contributed by atoms with Crippen molar-refractivity contribution in [2.75, 3.05) is 13.2 Å². The van der Waals surface area contributed by atoms with E-state index >= 15 is 0 Å². The molecule has 6 heteroatoms. The molecule has 0 rings (SSSR count). The quantitative estimate of drug-likeness (QED) is 0.0262. The Balaban J connectivity index is 4.27. The third kappa shape index (κ3) is 53.8. The lowest BCUT2D eigenvalue weighted by Gasteiger charge is -2.18. The number of hydrogen-bond acceptors (Lipinski definition) is 6. The normalized spacial score (nSPS) is 12.6. The van der Waals surface area contributed by atoms with Gasteiger partial charge < -0.3 is 14.2 Å². The van der Waals surface area contributed by atoms with E-state index in [4.69, 9.17) is 14.2 Å². The van der Waals surface area contributed by atoms with Crippen LogP contribution in [0.25, 0.3) is 0 Å². The summed E-state index contributed by atoms with van der Waals surface area (Å²) in [5.74, 6) is -0.908. The van der Waals surface area contributed by atoms with E-state index in [0.29, 0.717) is 19.3 Å². The van der Waals surface area contributed by atoms with Crippen LogP contribution in [-0.2, 0) is 28.6 Å². The van der Waals surface area contributed by atoms with Crippen molar-refractivity contribution in [2.24, 2.45) is 0 Å². The molecule has 0 fully saturated rings. The molecular weight excluding hydrogens is 841 g/mol. The molecule has 0 amide bonds. The smallest absolute Gasteiger partial charge is 0.306 e. The van der Waals surface area contributed by atoms with Gasteiger partial charge in [0.15, 0.2) is 6.10 Å². The molecule has 0 bridgehead atoms. The van der Waals surface area contributed by atoms with Gasteiger partial charge in [0.05, 0.1) is 0 Å². The first-order chi connectivity index (χ1) is 33.5. The van der Waals surface area contributed by atoms with Crippen LogP contribution >= 0.6 is 0 Å². The van der Waals surface area contributed by atoms with Crippen molar-refractivity contribution in [3.63, 3.8) is 0 Å². The largest absolute Gasteiger partial charge is 0.462 e. The SMILES string of the molecule is CCCC/C=C\C/C=C\CCCCCCCC(=O)OC(COC(=O)CCCCCCC/C=C\CCCC)COC(=O)CCCCCCCCCCCC/C=C\C/C=C\C/C=C\CCCCCCC. The number of ether oxygens (including phenoxy) is 3. The van der Waals surface area contributed by atoms with Gasteiger partial charge in [0.2, 0.25) is 0 Å². The summed E-state index contributed by atoms with van der Waals surface area (Å²) < 4.78 is 16.8. The van der Waals surface area contributed by atoms with E-state index in [-0.39, 0.29) is 31.1 Å². The molecule has 68 heavy (non-hydrogen) atoms. The lowest BCUT2D eigenvalue weighted by atomic mass is 10.1. The molecule has 0 heterocycles. The Bertz CT molecular complexity index is 1270. The Morgan fingerprint density at radius 2 is 0.544 bits per heavy atom. The van der Waals surface area contributed by atoms with Crippen LogP contribution in [0.1, 0.15) is 284 Å². The zero-order valence-corrected chi connectivity index (χ0v) is 44.9. The molecule has 0 saturated heterocycles. The molecule has 6 nitrogen and oxygen atoms in total. The van der Waals surface area contributed by atoms with Crippen LogP contribution in [0.4, 0.5) is 0 Å². The van der Waals surface area contributed by atoms with E-state index in [9.17, 15) is 14.4 Å². The summed E-state index contributed by atoms with van der Waals surface area (Å²) in [6.45, 7) is 6.54. The molecule has 0 aromatic heterocycles. The van der Waals surface area contributed by atoms with Crippen molar-refractivity contribution in [1.82, 2.24) is 0 Å². The number of rotatable bonds is 52. The van der Waals surface area contributed by atoms with Gasteiger partial charge in [0.1, 0.15) is 13.2 Å². The molecule has 1 atom stereocenters. The van der Waals surface area contributed by atoms with Gasteiger partial charge in [0, 0.05) is 19.3 Å². The van der Waals surface area contributed by atoms with Gasteiger partial charge in [0.25, 0.3) is 0 Å². The fraction of sp³-hybridized carbons (Fsp3) is 0.758. The zero-order valence-electron chi connectivity index (χ0n) is 44.9. The topological polar surface area (TPSA) is 78.9 Å². The number of carbonyl (C=O) groups excluding carboxylic acids is 3. The Morgan fingerprint density at radius 1 is 0.294 bits per heavy atom. The summed E-state index contributed by atoms with van der Waals surface area (Å²) >= 11 is 0. The fourth-order valence-corrected chi connectivity index (χ4v) is 7.98. The summed E-state index contributed by atoms with van der Waals surface area (Å²) in [6.07, 6.45) is 71.8. The van der Waals surface area contributed by atoms with Crippen LogP contribution in [-0.4, -0.2) is 37.2 Å². The molecule has 0 aliphatic rings. The first-order valence-electron chi connectivity index (χ1n) is 28.9. The average molecular weight is 950 g/mol. The number of hydrogen-bond donors (Lipinski definition) is 0. The molecule has 0 saturated carbocycles. The van der Waals surface area contributed by atoms with Crippen LogP contribution in [0.2, 0.25) is 0 Å². The molecule has 0 aliphatic heterocycles. The fourth-order valence-electron chi connectivity index (χ4n) is 7.98. The third-order valence-electron chi connectivity index (χ3n) is 12.4. The van der Waals surface area contributed by atoms with E-state index in [1.165, 1.54) is 141 Å². The van der Waals surface area contributed by atoms with Crippen molar-refractivity contribution in [3.8, 4) is 0 Å². The third-order valence-corrected chi connectivity index (χ3v) is 12.4. The van der Waals surface area contributed by atoms with Gasteiger partial charge in [-0.15, -0.1) is 0 Å². The highest BCUT2D eigenvalue weighted by Gasteiger charge is 2.19. The predicted molar refractivity (Wildman–Crippen MR) is 293 cm³/mol. The monoisotopic (exact) mass is 949 g/mol. The highest BCUT2D eigenvalue weighted by molar-refractivity contribution is 5.71. The second-order valence-electron chi connectivity index (χ2n) is 19.2. The summed E-state index contributed by atoms with van der Waals surface area (Å²) in [6, 6.07) is 0. The van der Waals surface area contributed by atoms with Gasteiger partial charge in [-0.1, -0.05) is 235 Å². The van der Waals surface area contributed by atoms with Crippen LogP contribution in [0.3, 0.4) is 0 Å². The first kappa shape index (κ1) is 64.8. The van der Waals surface area contributed by atoms with Crippen LogP contribution in [0, 0.1) is 0 Å². The minimum atomic E-state index is -0.787. The maximum atomic E-state index is 12.8. The van der Waals surface area contributed by atoms with E-state index in [2.05, 4.69) is 93.7 Å². The van der Waals surface area contributed by atoms with Crippen LogP contribution < -0.4 is 0 Å². The molecule has 1 unspecified atom stereocenters. The van der Waals surface area contributed by atoms with E-state index in [1.54, 1.807) is 0 Å². The van der Waals surface area contributed by atoms with E-state index < -0.39 is 6.10 Å². The van der Waals surface area contributed by atoms with Crippen molar-refractivity contribution >= 4 is 17.9 Å². The first-order valence-corrected chi connectivity index (χ1v) is 28.9. The second kappa shape index (κ2) is 56.4. The molecule has 0 aromatic rings. The Kier molecular flexibility index (Phi) is 53.8. The standard InChI is InChI=1S/C62H108O6/c1-4-7-10-13-16-19-22-24-26-27-28-29-30-31-32-33-34-35-36-38-40-43-46-49-52-55-61(64)67-58-59(57-66-60(63)54-51-48-45-42-39-21-18-15-12-9-6-3)68-62(65)56-53-50-47-44-41-37-25-23-20-17-14-11-8-5-2/h14-15,17-18,22-25,27-28,30-31,59H,4-13,16,19-21,26,29,32-58H2,1-3H3/b17-14-,18-15-,24-22-,25-23-,28-27-,31-30-. The highest BCUT2D eigenvalue weighted by Crippen LogP contribution is 2.15. The summed E-state index contributed by atoms with van der Waals surface area (Å²) in [4.78, 5) is 38.1. The lowest BCUT2D eigenvalue weighted by Crippen LogP contribution is -2.30. The Labute approximate surface area is 421 Å². The van der Waals surface area contributed by atoms with Gasteiger partial charge in [-0.05, 0) is 103 Å². The number of carbonyl (C=O) groups is 3. The van der Waals surface area contributed by atoms with Crippen molar-refractivity contribution in [2.45, 2.75) is 290 Å². The minimum absolute atomic E-state index is 0.0854.